The third-order valence-corrected chi connectivity index (χ3v) is 4.05. The second-order valence-electron chi connectivity index (χ2n) is 5.53. The summed E-state index contributed by atoms with van der Waals surface area (Å²) in [7, 11) is 0. The number of nitrogens with one attached hydrogen (secondary N) is 2. The van der Waals surface area contributed by atoms with Crippen molar-refractivity contribution >= 4 is 23.0 Å². The van der Waals surface area contributed by atoms with E-state index in [0.717, 1.165) is 18.1 Å². The van der Waals surface area contributed by atoms with E-state index in [0.29, 0.717) is 5.11 Å². The van der Waals surface area contributed by atoms with Crippen molar-refractivity contribution in [3.8, 4) is 0 Å². The summed E-state index contributed by atoms with van der Waals surface area (Å²) in [6.07, 6.45) is 0.830. The maximum Gasteiger partial charge on any atom is 0.171 e. The lowest BCUT2D eigenvalue weighted by Crippen LogP contribution is -2.32. The Labute approximate surface area is 140 Å². The Balaban J connectivity index is 2.08. The molecule has 122 valence electrons. The van der Waals surface area contributed by atoms with Gasteiger partial charge in [0.25, 0.3) is 0 Å². The first-order valence-corrected chi connectivity index (χ1v) is 7.91. The van der Waals surface area contributed by atoms with Crippen LogP contribution in [0.5, 0.6) is 0 Å². The molecule has 0 saturated carbocycles. The van der Waals surface area contributed by atoms with E-state index in [1.807, 2.05) is 6.92 Å². The van der Waals surface area contributed by atoms with Crippen LogP contribution in [0.2, 0.25) is 0 Å². The highest BCUT2D eigenvalue weighted by Gasteiger charge is 2.12. The Hall–Kier alpha value is -2.01. The number of benzene rings is 2. The lowest BCUT2D eigenvalue weighted by atomic mass is 9.99. The van der Waals surface area contributed by atoms with Gasteiger partial charge in [0.05, 0.1) is 11.7 Å². The van der Waals surface area contributed by atoms with E-state index < -0.39 is 11.6 Å². The third kappa shape index (κ3) is 4.48. The minimum atomic E-state index is -0.673. The topological polar surface area (TPSA) is 24.1 Å². The average Bonchev–Trinajstić information content (AvgIpc) is 2.50. The molecular formula is C18H20F2N2S. The van der Waals surface area contributed by atoms with E-state index in [1.54, 1.807) is 0 Å². The molecule has 0 aromatic heterocycles. The summed E-state index contributed by atoms with van der Waals surface area (Å²) in [6, 6.07) is 9.63. The zero-order chi connectivity index (χ0) is 17.0. The quantitative estimate of drug-likeness (QED) is 0.768. The van der Waals surface area contributed by atoms with Gasteiger partial charge in [0, 0.05) is 6.07 Å². The molecule has 2 rings (SSSR count). The van der Waals surface area contributed by atoms with E-state index in [4.69, 9.17) is 12.2 Å². The molecule has 5 heteroatoms. The van der Waals surface area contributed by atoms with Crippen LogP contribution in [0, 0.1) is 25.5 Å². The van der Waals surface area contributed by atoms with E-state index in [2.05, 4.69) is 42.7 Å². The highest BCUT2D eigenvalue weighted by atomic mass is 32.1. The largest absolute Gasteiger partial charge is 0.356 e. The van der Waals surface area contributed by atoms with Crippen molar-refractivity contribution in [2.24, 2.45) is 0 Å². The first kappa shape index (κ1) is 17.3. The molecule has 0 heterocycles. The number of hydrogen-bond acceptors (Lipinski definition) is 1. The molecular weight excluding hydrogens is 314 g/mol. The summed E-state index contributed by atoms with van der Waals surface area (Å²) in [5, 5.41) is 6.26. The van der Waals surface area contributed by atoms with Gasteiger partial charge in [0.1, 0.15) is 11.6 Å². The third-order valence-electron chi connectivity index (χ3n) is 3.83. The Morgan fingerprint density at radius 2 is 1.83 bits per heavy atom. The van der Waals surface area contributed by atoms with Crippen LogP contribution in [0.15, 0.2) is 36.4 Å². The van der Waals surface area contributed by atoms with Crippen LogP contribution in [0.3, 0.4) is 0 Å². The van der Waals surface area contributed by atoms with Crippen molar-refractivity contribution in [1.82, 2.24) is 5.32 Å². The van der Waals surface area contributed by atoms with Gasteiger partial charge in [-0.3, -0.25) is 0 Å². The smallest absolute Gasteiger partial charge is 0.171 e. The molecule has 0 fully saturated rings. The van der Waals surface area contributed by atoms with Crippen LogP contribution in [0.4, 0.5) is 14.5 Å². The van der Waals surface area contributed by atoms with E-state index in [-0.39, 0.29) is 11.7 Å². The predicted octanol–water partition coefficient (Wildman–Crippen LogP) is 5.02. The standard InChI is InChI=1S/C18H20F2N2S/c1-4-16(13-6-5-11(2)12(3)9-13)21-18(23)22-17-8-7-14(19)10-15(17)20/h5-10,16H,4H2,1-3H3,(H2,21,22,23)/t16-/m0/s1. The van der Waals surface area contributed by atoms with Crippen molar-refractivity contribution in [3.63, 3.8) is 0 Å². The highest BCUT2D eigenvalue weighted by molar-refractivity contribution is 7.80. The molecule has 0 aliphatic rings. The van der Waals surface area contributed by atoms with Crippen molar-refractivity contribution in [1.29, 1.82) is 0 Å². The van der Waals surface area contributed by atoms with Gasteiger partial charge in [0.15, 0.2) is 5.11 Å². The lowest BCUT2D eigenvalue weighted by molar-refractivity contribution is 0.585. The second kappa shape index (κ2) is 7.51. The molecule has 2 aromatic rings. The summed E-state index contributed by atoms with van der Waals surface area (Å²) < 4.78 is 26.6. The first-order chi connectivity index (χ1) is 10.9. The Morgan fingerprint density at radius 3 is 2.43 bits per heavy atom. The minimum Gasteiger partial charge on any atom is -0.356 e. The predicted molar refractivity (Wildman–Crippen MR) is 94.7 cm³/mol. The van der Waals surface area contributed by atoms with E-state index in [1.165, 1.54) is 23.3 Å². The van der Waals surface area contributed by atoms with Gasteiger partial charge >= 0.3 is 0 Å². The molecule has 0 saturated heterocycles. The van der Waals surface area contributed by atoms with Crippen LogP contribution < -0.4 is 10.6 Å². The Bertz CT molecular complexity index is 716. The first-order valence-electron chi connectivity index (χ1n) is 7.50. The molecule has 0 spiro atoms. The van der Waals surface area contributed by atoms with Crippen LogP contribution in [-0.4, -0.2) is 5.11 Å². The normalized spacial score (nSPS) is 11.9. The molecule has 0 amide bonds. The molecule has 0 bridgehead atoms. The van der Waals surface area contributed by atoms with Crippen LogP contribution in [0.25, 0.3) is 0 Å². The number of rotatable bonds is 4. The number of hydrogen-bond donors (Lipinski definition) is 2. The van der Waals surface area contributed by atoms with Crippen LogP contribution >= 0.6 is 12.2 Å². The Morgan fingerprint density at radius 1 is 1.09 bits per heavy atom. The van der Waals surface area contributed by atoms with Gasteiger partial charge in [0.2, 0.25) is 0 Å². The Kier molecular flexibility index (Phi) is 5.66. The van der Waals surface area contributed by atoms with Gasteiger partial charge in [-0.15, -0.1) is 0 Å². The summed E-state index contributed by atoms with van der Waals surface area (Å²) in [5.74, 6) is -1.29. The number of anilines is 1. The van der Waals surface area contributed by atoms with Crippen LogP contribution in [0.1, 0.15) is 36.1 Å². The van der Waals surface area contributed by atoms with Gasteiger partial charge in [-0.1, -0.05) is 25.1 Å². The number of aryl methyl sites for hydroxylation is 2. The summed E-state index contributed by atoms with van der Waals surface area (Å²) >= 11 is 5.25. The fourth-order valence-corrected chi connectivity index (χ4v) is 2.56. The molecule has 2 N–H and O–H groups in total. The molecule has 0 radical (unpaired) electrons. The molecule has 2 nitrogen and oxygen atoms in total. The van der Waals surface area contributed by atoms with E-state index in [9.17, 15) is 8.78 Å². The zero-order valence-corrected chi connectivity index (χ0v) is 14.2. The van der Waals surface area contributed by atoms with Crippen molar-refractivity contribution < 1.29 is 8.78 Å². The average molecular weight is 334 g/mol. The fourth-order valence-electron chi connectivity index (χ4n) is 2.31. The summed E-state index contributed by atoms with van der Waals surface area (Å²) in [6.45, 7) is 6.18. The summed E-state index contributed by atoms with van der Waals surface area (Å²) in [5.41, 5.74) is 3.72. The number of thiocarbonyl (C=S) groups is 1. The SMILES string of the molecule is CC[C@H](NC(=S)Nc1ccc(F)cc1F)c1ccc(C)c(C)c1. The maximum atomic E-state index is 13.7. The maximum absolute atomic E-state index is 13.7. The molecule has 23 heavy (non-hydrogen) atoms. The molecule has 1 atom stereocenters. The molecule has 0 unspecified atom stereocenters. The monoisotopic (exact) mass is 334 g/mol. The van der Waals surface area contributed by atoms with Gasteiger partial charge in [-0.25, -0.2) is 8.78 Å². The lowest BCUT2D eigenvalue weighted by Gasteiger charge is -2.21. The molecule has 0 aliphatic heterocycles. The second-order valence-corrected chi connectivity index (χ2v) is 5.94. The molecule has 2 aromatic carbocycles. The van der Waals surface area contributed by atoms with Gasteiger partial charge < -0.3 is 10.6 Å². The zero-order valence-electron chi connectivity index (χ0n) is 13.4. The van der Waals surface area contributed by atoms with Gasteiger partial charge in [-0.2, -0.15) is 0 Å². The van der Waals surface area contributed by atoms with Crippen molar-refractivity contribution in [2.45, 2.75) is 33.2 Å². The fraction of sp³-hybridized carbons (Fsp3) is 0.278. The van der Waals surface area contributed by atoms with Crippen molar-refractivity contribution in [2.75, 3.05) is 5.32 Å². The number of halogens is 2. The molecule has 0 aliphatic carbocycles. The summed E-state index contributed by atoms with van der Waals surface area (Å²) in [4.78, 5) is 0. The van der Waals surface area contributed by atoms with Gasteiger partial charge in [-0.05, 0) is 61.3 Å². The van der Waals surface area contributed by atoms with Crippen LogP contribution in [-0.2, 0) is 0 Å². The van der Waals surface area contributed by atoms with Crippen molar-refractivity contribution in [3.05, 3.63) is 64.7 Å². The van der Waals surface area contributed by atoms with E-state index >= 15 is 0 Å². The minimum absolute atomic E-state index is 0.0257. The highest BCUT2D eigenvalue weighted by Crippen LogP contribution is 2.21.